The summed E-state index contributed by atoms with van der Waals surface area (Å²) in [6.45, 7) is 0.153. The summed E-state index contributed by atoms with van der Waals surface area (Å²) >= 11 is 0. The Balaban J connectivity index is 2.10. The Hall–Kier alpha value is -2.31. The second-order valence-electron chi connectivity index (χ2n) is 3.85. The maximum Gasteiger partial charge on any atom is 0.416 e. The molecule has 0 aliphatic heterocycles. The van der Waals surface area contributed by atoms with Crippen LogP contribution in [0.3, 0.4) is 0 Å². The number of alkyl halides is 3. The summed E-state index contributed by atoms with van der Waals surface area (Å²) in [4.78, 5) is 17.2. The minimum atomic E-state index is -4.36. The summed E-state index contributed by atoms with van der Waals surface area (Å²) < 4.78 is 37.5. The van der Waals surface area contributed by atoms with E-state index in [-0.39, 0.29) is 12.1 Å². The highest BCUT2D eigenvalue weighted by Gasteiger charge is 2.30. The average Bonchev–Trinajstić information content (AvgIpc) is 2.36. The van der Waals surface area contributed by atoms with E-state index in [4.69, 9.17) is 0 Å². The van der Waals surface area contributed by atoms with Crippen molar-refractivity contribution in [3.05, 3.63) is 58.1 Å². The average molecular weight is 269 g/mol. The van der Waals surface area contributed by atoms with E-state index in [0.29, 0.717) is 11.4 Å². The Morgan fingerprint density at radius 3 is 2.74 bits per heavy atom. The zero-order valence-electron chi connectivity index (χ0n) is 9.66. The standard InChI is InChI=1S/C12H10F3N3O/c13-12(14,15)9-3-1-2-8(4-9)6-16-10-5-11(19)18-7-17-10/h1-5,7H,6H2,(H2,16,17,18,19). The number of nitrogens with one attached hydrogen (secondary N) is 2. The molecule has 19 heavy (non-hydrogen) atoms. The SMILES string of the molecule is O=c1cc(NCc2cccc(C(F)(F)F)c2)nc[nH]1. The van der Waals surface area contributed by atoms with Crippen molar-refractivity contribution in [2.75, 3.05) is 5.32 Å². The lowest BCUT2D eigenvalue weighted by Crippen LogP contribution is -2.10. The second kappa shape index (κ2) is 5.13. The summed E-state index contributed by atoms with van der Waals surface area (Å²) in [7, 11) is 0. The fraction of sp³-hybridized carbons (Fsp3) is 0.167. The molecule has 0 unspecified atom stereocenters. The molecule has 2 rings (SSSR count). The van der Waals surface area contributed by atoms with Gasteiger partial charge in [-0.05, 0) is 17.7 Å². The molecule has 0 bridgehead atoms. The van der Waals surface area contributed by atoms with E-state index in [1.54, 1.807) is 6.07 Å². The summed E-state index contributed by atoms with van der Waals surface area (Å²) in [5.41, 5.74) is -0.580. The maximum absolute atomic E-state index is 12.5. The zero-order chi connectivity index (χ0) is 13.9. The first-order chi connectivity index (χ1) is 8.95. The summed E-state index contributed by atoms with van der Waals surface area (Å²) in [6, 6.07) is 6.20. The van der Waals surface area contributed by atoms with Gasteiger partial charge in [0.15, 0.2) is 0 Å². The van der Waals surface area contributed by atoms with E-state index >= 15 is 0 Å². The molecule has 0 spiro atoms. The van der Waals surface area contributed by atoms with Gasteiger partial charge in [0, 0.05) is 12.6 Å². The van der Waals surface area contributed by atoms with Crippen LogP contribution >= 0.6 is 0 Å². The van der Waals surface area contributed by atoms with Crippen LogP contribution in [-0.4, -0.2) is 9.97 Å². The van der Waals surface area contributed by atoms with Gasteiger partial charge >= 0.3 is 6.18 Å². The number of aromatic amines is 1. The van der Waals surface area contributed by atoms with Crippen LogP contribution in [-0.2, 0) is 12.7 Å². The molecule has 0 amide bonds. The maximum atomic E-state index is 12.5. The van der Waals surface area contributed by atoms with Gasteiger partial charge in [-0.15, -0.1) is 0 Å². The molecule has 0 saturated carbocycles. The Morgan fingerprint density at radius 2 is 2.05 bits per heavy atom. The number of hydrogen-bond acceptors (Lipinski definition) is 3. The molecule has 1 aromatic carbocycles. The van der Waals surface area contributed by atoms with Gasteiger partial charge in [-0.3, -0.25) is 4.79 Å². The number of H-pyrrole nitrogens is 1. The van der Waals surface area contributed by atoms with Gasteiger partial charge in [0.1, 0.15) is 5.82 Å². The predicted octanol–water partition coefficient (Wildman–Crippen LogP) is 2.40. The molecule has 0 fully saturated rings. The summed E-state index contributed by atoms with van der Waals surface area (Å²) in [5.74, 6) is 0.307. The smallest absolute Gasteiger partial charge is 0.366 e. The van der Waals surface area contributed by atoms with E-state index in [1.165, 1.54) is 18.5 Å². The molecule has 4 nitrogen and oxygen atoms in total. The monoisotopic (exact) mass is 269 g/mol. The molecule has 0 aliphatic carbocycles. The van der Waals surface area contributed by atoms with Crippen LogP contribution in [0.4, 0.5) is 19.0 Å². The van der Waals surface area contributed by atoms with Gasteiger partial charge < -0.3 is 10.3 Å². The van der Waals surface area contributed by atoms with Crippen molar-refractivity contribution < 1.29 is 13.2 Å². The van der Waals surface area contributed by atoms with Crippen molar-refractivity contribution in [2.24, 2.45) is 0 Å². The third-order valence-corrected chi connectivity index (χ3v) is 2.41. The summed E-state index contributed by atoms with van der Waals surface area (Å²) in [6.07, 6.45) is -3.14. The van der Waals surface area contributed by atoms with Crippen LogP contribution in [0.1, 0.15) is 11.1 Å². The van der Waals surface area contributed by atoms with Gasteiger partial charge in [0.2, 0.25) is 0 Å². The number of benzene rings is 1. The van der Waals surface area contributed by atoms with E-state index < -0.39 is 11.7 Å². The lowest BCUT2D eigenvalue weighted by Gasteiger charge is -2.09. The van der Waals surface area contributed by atoms with Crippen molar-refractivity contribution in [2.45, 2.75) is 12.7 Å². The molecule has 2 N–H and O–H groups in total. The Labute approximate surface area is 106 Å². The molecular formula is C12H10F3N3O. The van der Waals surface area contributed by atoms with E-state index in [2.05, 4.69) is 15.3 Å². The molecule has 1 aromatic heterocycles. The quantitative estimate of drug-likeness (QED) is 0.899. The Kier molecular flexibility index (Phi) is 3.55. The van der Waals surface area contributed by atoms with E-state index in [9.17, 15) is 18.0 Å². The highest BCUT2D eigenvalue weighted by Crippen LogP contribution is 2.29. The molecule has 0 atom stereocenters. The number of nitrogens with zero attached hydrogens (tertiary/aromatic N) is 1. The molecule has 2 aromatic rings. The molecule has 1 heterocycles. The topological polar surface area (TPSA) is 57.8 Å². The van der Waals surface area contributed by atoms with Crippen molar-refractivity contribution in [1.82, 2.24) is 9.97 Å². The highest BCUT2D eigenvalue weighted by atomic mass is 19.4. The Bertz CT molecular complexity index is 622. The number of anilines is 1. The Morgan fingerprint density at radius 1 is 1.26 bits per heavy atom. The van der Waals surface area contributed by atoms with E-state index in [1.807, 2.05) is 0 Å². The van der Waals surface area contributed by atoms with Crippen LogP contribution in [0.25, 0.3) is 0 Å². The van der Waals surface area contributed by atoms with E-state index in [0.717, 1.165) is 12.1 Å². The van der Waals surface area contributed by atoms with Crippen LogP contribution in [0.2, 0.25) is 0 Å². The van der Waals surface area contributed by atoms with Gasteiger partial charge in [-0.2, -0.15) is 13.2 Å². The number of hydrogen-bond donors (Lipinski definition) is 2. The highest BCUT2D eigenvalue weighted by molar-refractivity contribution is 5.34. The molecule has 0 saturated heterocycles. The fourth-order valence-electron chi connectivity index (χ4n) is 1.52. The van der Waals surface area contributed by atoms with Gasteiger partial charge in [-0.25, -0.2) is 4.98 Å². The molecule has 0 radical (unpaired) electrons. The largest absolute Gasteiger partial charge is 0.416 e. The lowest BCUT2D eigenvalue weighted by molar-refractivity contribution is -0.137. The van der Waals surface area contributed by atoms with Crippen molar-refractivity contribution in [3.63, 3.8) is 0 Å². The fourth-order valence-corrected chi connectivity index (χ4v) is 1.52. The first-order valence-electron chi connectivity index (χ1n) is 5.40. The van der Waals surface area contributed by atoms with Gasteiger partial charge in [-0.1, -0.05) is 12.1 Å². The first-order valence-corrected chi connectivity index (χ1v) is 5.40. The van der Waals surface area contributed by atoms with Crippen molar-refractivity contribution >= 4 is 5.82 Å². The second-order valence-corrected chi connectivity index (χ2v) is 3.85. The minimum absolute atomic E-state index is 0.153. The normalized spacial score (nSPS) is 11.3. The zero-order valence-corrected chi connectivity index (χ0v) is 9.66. The number of halogens is 3. The number of rotatable bonds is 3. The van der Waals surface area contributed by atoms with Crippen LogP contribution in [0, 0.1) is 0 Å². The minimum Gasteiger partial charge on any atom is -0.366 e. The third-order valence-electron chi connectivity index (χ3n) is 2.41. The molecular weight excluding hydrogens is 259 g/mol. The first kappa shape index (κ1) is 13.1. The number of aromatic nitrogens is 2. The molecule has 0 aliphatic rings. The van der Waals surface area contributed by atoms with Crippen molar-refractivity contribution in [1.29, 1.82) is 0 Å². The summed E-state index contributed by atoms with van der Waals surface area (Å²) in [5, 5.41) is 2.78. The van der Waals surface area contributed by atoms with Crippen LogP contribution in [0.15, 0.2) is 41.5 Å². The lowest BCUT2D eigenvalue weighted by atomic mass is 10.1. The van der Waals surface area contributed by atoms with Crippen molar-refractivity contribution in [3.8, 4) is 0 Å². The van der Waals surface area contributed by atoms with Gasteiger partial charge in [0.25, 0.3) is 5.56 Å². The molecule has 7 heteroatoms. The molecule has 100 valence electrons. The third kappa shape index (κ3) is 3.57. The van der Waals surface area contributed by atoms with Crippen LogP contribution < -0.4 is 10.9 Å². The van der Waals surface area contributed by atoms with Crippen LogP contribution in [0.5, 0.6) is 0 Å². The predicted molar refractivity (Wildman–Crippen MR) is 63.6 cm³/mol. The van der Waals surface area contributed by atoms with Gasteiger partial charge in [0.05, 0.1) is 11.9 Å².